The van der Waals surface area contributed by atoms with Crippen LogP contribution in [0, 0.1) is 18.4 Å². The summed E-state index contributed by atoms with van der Waals surface area (Å²) in [7, 11) is 0. The van der Waals surface area contributed by atoms with E-state index < -0.39 is 0 Å². The number of pyridine rings is 1. The molecule has 0 aliphatic rings. The van der Waals surface area contributed by atoms with E-state index in [0.717, 1.165) is 18.1 Å². The van der Waals surface area contributed by atoms with Gasteiger partial charge in [0.15, 0.2) is 0 Å². The van der Waals surface area contributed by atoms with Crippen LogP contribution in [0.25, 0.3) is 0 Å². The smallest absolute Gasteiger partial charge is 0.385 e. The zero-order valence-corrected chi connectivity index (χ0v) is 11.8. The number of rotatable bonds is 2. The van der Waals surface area contributed by atoms with Crippen molar-refractivity contribution in [1.29, 1.82) is 0 Å². The summed E-state index contributed by atoms with van der Waals surface area (Å²) >= 11 is 0. The summed E-state index contributed by atoms with van der Waals surface area (Å²) in [5.74, 6) is 0.843. The van der Waals surface area contributed by atoms with Crippen molar-refractivity contribution in [3.8, 4) is 0 Å². The Kier molecular flexibility index (Phi) is 5.72. The van der Waals surface area contributed by atoms with Crippen molar-refractivity contribution in [3.05, 3.63) is 23.9 Å². The summed E-state index contributed by atoms with van der Waals surface area (Å²) in [4.78, 5) is 4.31. The van der Waals surface area contributed by atoms with Crippen LogP contribution >= 0.6 is 0 Å². The Hall–Kier alpha value is -0.0500. The molecular weight excluding hydrogens is 183 g/mol. The van der Waals surface area contributed by atoms with Crippen LogP contribution in [0.5, 0.6) is 0 Å². The van der Waals surface area contributed by atoms with E-state index in [1.165, 1.54) is 0 Å². The minimum Gasteiger partial charge on any atom is -0.385 e. The predicted octanol–water partition coefficient (Wildman–Crippen LogP) is -0.348. The number of nitrogens with one attached hydrogen (secondary N) is 1. The van der Waals surface area contributed by atoms with Gasteiger partial charge in [0.05, 0.1) is 0 Å². The number of hydrogen-bond donors (Lipinski definition) is 1. The topological polar surface area (TPSA) is 24.9 Å². The predicted molar refractivity (Wildman–Crippen MR) is 55.8 cm³/mol. The summed E-state index contributed by atoms with van der Waals surface area (Å²) in [6, 6.07) is 6.90. The SMILES string of the molecule is Cc1cc[c-]c(NCC(C)(C)C)n1.[Na+]. The summed E-state index contributed by atoms with van der Waals surface area (Å²) in [6.07, 6.45) is 0. The van der Waals surface area contributed by atoms with Gasteiger partial charge in [-0.1, -0.05) is 20.8 Å². The van der Waals surface area contributed by atoms with Gasteiger partial charge in [-0.15, -0.1) is 0 Å². The number of hydrogen-bond acceptors (Lipinski definition) is 2. The molecule has 0 unspecified atom stereocenters. The van der Waals surface area contributed by atoms with Crippen LogP contribution in [0.15, 0.2) is 12.1 Å². The Morgan fingerprint density at radius 2 is 2.07 bits per heavy atom. The molecule has 0 saturated heterocycles. The molecule has 1 heterocycles. The first-order chi connectivity index (χ1) is 5.97. The van der Waals surface area contributed by atoms with E-state index in [1.807, 2.05) is 19.1 Å². The summed E-state index contributed by atoms with van der Waals surface area (Å²) < 4.78 is 0. The van der Waals surface area contributed by atoms with Crippen molar-refractivity contribution in [2.75, 3.05) is 11.9 Å². The van der Waals surface area contributed by atoms with E-state index in [1.54, 1.807) is 0 Å². The molecule has 0 aliphatic carbocycles. The molecule has 1 aromatic heterocycles. The second kappa shape index (κ2) is 5.74. The fourth-order valence-corrected chi connectivity index (χ4v) is 0.927. The molecule has 0 radical (unpaired) electrons. The third-order valence-electron chi connectivity index (χ3n) is 1.62. The van der Waals surface area contributed by atoms with Crippen LogP contribution in [-0.2, 0) is 0 Å². The van der Waals surface area contributed by atoms with Gasteiger partial charge >= 0.3 is 29.6 Å². The van der Waals surface area contributed by atoms with Crippen LogP contribution in [-0.4, -0.2) is 11.5 Å². The van der Waals surface area contributed by atoms with E-state index in [0.29, 0.717) is 0 Å². The fourth-order valence-electron chi connectivity index (χ4n) is 0.927. The molecule has 2 nitrogen and oxygen atoms in total. The quantitative estimate of drug-likeness (QED) is 0.521. The maximum atomic E-state index is 4.31. The van der Waals surface area contributed by atoms with Gasteiger partial charge in [0.25, 0.3) is 0 Å². The molecule has 0 spiro atoms. The molecule has 1 N–H and O–H groups in total. The van der Waals surface area contributed by atoms with Gasteiger partial charge in [-0.3, -0.25) is 4.98 Å². The third-order valence-corrected chi connectivity index (χ3v) is 1.62. The molecule has 0 atom stereocenters. The van der Waals surface area contributed by atoms with E-state index >= 15 is 0 Å². The molecule has 0 aromatic carbocycles. The molecule has 0 amide bonds. The van der Waals surface area contributed by atoms with Crippen LogP contribution < -0.4 is 34.9 Å². The fraction of sp³-hybridized carbons (Fsp3) is 0.545. The van der Waals surface area contributed by atoms with Crippen molar-refractivity contribution < 1.29 is 29.6 Å². The van der Waals surface area contributed by atoms with Gasteiger partial charge in [0, 0.05) is 12.4 Å². The van der Waals surface area contributed by atoms with Gasteiger partial charge in [-0.2, -0.15) is 6.07 Å². The first-order valence-corrected chi connectivity index (χ1v) is 4.57. The average molecular weight is 200 g/mol. The van der Waals surface area contributed by atoms with Crippen molar-refractivity contribution in [2.45, 2.75) is 27.7 Å². The Morgan fingerprint density at radius 1 is 1.43 bits per heavy atom. The zero-order valence-electron chi connectivity index (χ0n) is 9.81. The van der Waals surface area contributed by atoms with Crippen molar-refractivity contribution >= 4 is 5.82 Å². The van der Waals surface area contributed by atoms with Gasteiger partial charge in [0.1, 0.15) is 0 Å². The molecule has 1 rings (SSSR count). The summed E-state index contributed by atoms with van der Waals surface area (Å²) in [5, 5.41) is 3.26. The largest absolute Gasteiger partial charge is 1.00 e. The molecule has 3 heteroatoms. The Labute approximate surface area is 109 Å². The Morgan fingerprint density at radius 3 is 2.57 bits per heavy atom. The first kappa shape index (κ1) is 13.9. The maximum Gasteiger partial charge on any atom is 1.00 e. The second-order valence-corrected chi connectivity index (χ2v) is 4.49. The first-order valence-electron chi connectivity index (χ1n) is 4.57. The van der Waals surface area contributed by atoms with Gasteiger partial charge in [-0.05, 0) is 18.0 Å². The Balaban J connectivity index is 0.00000169. The molecule has 0 fully saturated rings. The summed E-state index contributed by atoms with van der Waals surface area (Å²) in [5.41, 5.74) is 1.30. The van der Waals surface area contributed by atoms with Crippen molar-refractivity contribution in [2.24, 2.45) is 5.41 Å². The number of aromatic nitrogens is 1. The minimum absolute atomic E-state index is 0. The number of aryl methyl sites for hydroxylation is 1. The zero-order chi connectivity index (χ0) is 9.90. The standard InChI is InChI=1S/C11H17N2.Na/c1-9-6-5-7-10(13-9)12-8-11(2,3)4;/h5-6H,8H2,1-4H3,(H,12,13);/q-1;+1. The monoisotopic (exact) mass is 200 g/mol. The molecule has 14 heavy (non-hydrogen) atoms. The van der Waals surface area contributed by atoms with E-state index in [-0.39, 0.29) is 35.0 Å². The van der Waals surface area contributed by atoms with Crippen molar-refractivity contribution in [1.82, 2.24) is 4.98 Å². The van der Waals surface area contributed by atoms with E-state index in [4.69, 9.17) is 0 Å². The second-order valence-electron chi connectivity index (χ2n) is 4.49. The molecule has 0 aliphatic heterocycles. The van der Waals surface area contributed by atoms with Crippen molar-refractivity contribution in [3.63, 3.8) is 0 Å². The van der Waals surface area contributed by atoms with E-state index in [9.17, 15) is 0 Å². The van der Waals surface area contributed by atoms with Crippen LogP contribution in [0.4, 0.5) is 5.82 Å². The normalized spacial score (nSPS) is 10.6. The molecule has 0 bridgehead atoms. The van der Waals surface area contributed by atoms with E-state index in [2.05, 4.69) is 37.1 Å². The van der Waals surface area contributed by atoms with Gasteiger partial charge < -0.3 is 5.32 Å². The summed E-state index contributed by atoms with van der Waals surface area (Å²) in [6.45, 7) is 9.47. The Bertz CT molecular complexity index is 279. The average Bonchev–Trinajstić information content (AvgIpc) is 2.00. The number of anilines is 1. The number of nitrogens with zero attached hydrogens (tertiary/aromatic N) is 1. The molecule has 72 valence electrons. The molecular formula is C11H17N2Na. The van der Waals surface area contributed by atoms with Gasteiger partial charge in [-0.25, -0.2) is 12.1 Å². The molecule has 1 aromatic rings. The maximum absolute atomic E-state index is 4.31. The van der Waals surface area contributed by atoms with Crippen LogP contribution in [0.3, 0.4) is 0 Å². The molecule has 0 saturated carbocycles. The van der Waals surface area contributed by atoms with Crippen LogP contribution in [0.2, 0.25) is 0 Å². The minimum atomic E-state index is 0. The third kappa shape index (κ3) is 5.63. The van der Waals surface area contributed by atoms with Crippen LogP contribution in [0.1, 0.15) is 26.5 Å². The van der Waals surface area contributed by atoms with Gasteiger partial charge in [0.2, 0.25) is 0 Å².